The molecule has 0 unspecified atom stereocenters. The van der Waals surface area contributed by atoms with E-state index in [1.807, 2.05) is 0 Å². The quantitative estimate of drug-likeness (QED) is 0.301. The van der Waals surface area contributed by atoms with Crippen molar-refractivity contribution in [3.8, 4) is 0 Å². The predicted molar refractivity (Wildman–Crippen MR) is 89.4 cm³/mol. The summed E-state index contributed by atoms with van der Waals surface area (Å²) in [6.07, 6.45) is 10.5. The minimum Gasteiger partial charge on any atom is -0.317 e. The van der Waals surface area contributed by atoms with Gasteiger partial charge in [0, 0.05) is 0 Å². The monoisotopic (exact) mass is 322 g/mol. The van der Waals surface area contributed by atoms with Gasteiger partial charge in [-0.3, -0.25) is 4.55 Å². The van der Waals surface area contributed by atoms with E-state index >= 15 is 0 Å². The SMILES string of the molecule is CCCCNCCCCCCCCNCCCS(=O)(=O)O. The van der Waals surface area contributed by atoms with Gasteiger partial charge in [-0.15, -0.1) is 0 Å². The highest BCUT2D eigenvalue weighted by molar-refractivity contribution is 7.85. The lowest BCUT2D eigenvalue weighted by molar-refractivity contribution is 0.479. The highest BCUT2D eigenvalue weighted by Gasteiger charge is 2.02. The van der Waals surface area contributed by atoms with E-state index in [2.05, 4.69) is 17.6 Å². The molecule has 128 valence electrons. The van der Waals surface area contributed by atoms with E-state index in [4.69, 9.17) is 4.55 Å². The first-order valence-corrected chi connectivity index (χ1v) is 10.0. The van der Waals surface area contributed by atoms with Crippen LogP contribution in [0.25, 0.3) is 0 Å². The van der Waals surface area contributed by atoms with Gasteiger partial charge < -0.3 is 10.6 Å². The van der Waals surface area contributed by atoms with Gasteiger partial charge in [0.25, 0.3) is 10.1 Å². The average Bonchev–Trinajstić information content (AvgIpc) is 2.42. The third-order valence-corrected chi connectivity index (χ3v) is 4.22. The summed E-state index contributed by atoms with van der Waals surface area (Å²) in [5, 5.41) is 6.66. The third kappa shape index (κ3) is 19.8. The average molecular weight is 323 g/mol. The lowest BCUT2D eigenvalue weighted by atomic mass is 10.1. The van der Waals surface area contributed by atoms with Crippen molar-refractivity contribution >= 4 is 10.1 Å². The fraction of sp³-hybridized carbons (Fsp3) is 1.00. The van der Waals surface area contributed by atoms with Crippen LogP contribution < -0.4 is 10.6 Å². The van der Waals surface area contributed by atoms with E-state index in [9.17, 15) is 8.42 Å². The van der Waals surface area contributed by atoms with Crippen molar-refractivity contribution in [2.24, 2.45) is 0 Å². The lowest BCUT2D eigenvalue weighted by Gasteiger charge is -2.05. The maximum absolute atomic E-state index is 10.5. The van der Waals surface area contributed by atoms with E-state index < -0.39 is 10.1 Å². The first-order chi connectivity index (χ1) is 10.1. The molecule has 0 bridgehead atoms. The second-order valence-corrected chi connectivity index (χ2v) is 7.19. The summed E-state index contributed by atoms with van der Waals surface area (Å²) in [6, 6.07) is 0. The van der Waals surface area contributed by atoms with Gasteiger partial charge in [-0.25, -0.2) is 0 Å². The third-order valence-electron chi connectivity index (χ3n) is 3.42. The van der Waals surface area contributed by atoms with Crippen LogP contribution in [-0.4, -0.2) is 44.9 Å². The molecule has 0 aliphatic rings. The smallest absolute Gasteiger partial charge is 0.264 e. The Bertz CT molecular complexity index is 308. The molecule has 0 saturated heterocycles. The Morgan fingerprint density at radius 3 is 1.62 bits per heavy atom. The number of hydrogen-bond acceptors (Lipinski definition) is 4. The van der Waals surface area contributed by atoms with Gasteiger partial charge in [0.15, 0.2) is 0 Å². The van der Waals surface area contributed by atoms with Crippen LogP contribution in [-0.2, 0) is 10.1 Å². The Morgan fingerprint density at radius 2 is 1.14 bits per heavy atom. The van der Waals surface area contributed by atoms with Crippen LogP contribution in [0.4, 0.5) is 0 Å². The summed E-state index contributed by atoms with van der Waals surface area (Å²) in [4.78, 5) is 0. The normalized spacial score (nSPS) is 11.9. The largest absolute Gasteiger partial charge is 0.317 e. The van der Waals surface area contributed by atoms with Crippen molar-refractivity contribution < 1.29 is 13.0 Å². The molecule has 0 aromatic rings. The summed E-state index contributed by atoms with van der Waals surface area (Å²) in [5.41, 5.74) is 0. The Morgan fingerprint density at radius 1 is 0.714 bits per heavy atom. The molecule has 6 heteroatoms. The summed E-state index contributed by atoms with van der Waals surface area (Å²) in [7, 11) is -3.79. The lowest BCUT2D eigenvalue weighted by Crippen LogP contribution is -2.19. The van der Waals surface area contributed by atoms with E-state index in [0.29, 0.717) is 13.0 Å². The van der Waals surface area contributed by atoms with Crippen LogP contribution in [0, 0.1) is 0 Å². The maximum Gasteiger partial charge on any atom is 0.264 e. The van der Waals surface area contributed by atoms with Gasteiger partial charge in [0.05, 0.1) is 5.75 Å². The Labute approximate surface area is 131 Å². The van der Waals surface area contributed by atoms with Gasteiger partial charge >= 0.3 is 0 Å². The van der Waals surface area contributed by atoms with Gasteiger partial charge in [0.1, 0.15) is 0 Å². The van der Waals surface area contributed by atoms with Crippen molar-refractivity contribution in [3.05, 3.63) is 0 Å². The van der Waals surface area contributed by atoms with Crippen LogP contribution >= 0.6 is 0 Å². The van der Waals surface area contributed by atoms with Crippen LogP contribution in [0.3, 0.4) is 0 Å². The molecule has 21 heavy (non-hydrogen) atoms. The molecular weight excluding hydrogens is 288 g/mol. The molecule has 0 atom stereocenters. The van der Waals surface area contributed by atoms with Crippen LogP contribution in [0.1, 0.15) is 64.7 Å². The standard InChI is InChI=1S/C15H34N2O3S/c1-2-3-11-16-12-8-6-4-5-7-9-13-17-14-10-15-21(18,19)20/h16-17H,2-15H2,1H3,(H,18,19,20). The van der Waals surface area contributed by atoms with Crippen LogP contribution in [0.2, 0.25) is 0 Å². The molecule has 0 aliphatic heterocycles. The van der Waals surface area contributed by atoms with E-state index in [1.54, 1.807) is 0 Å². The highest BCUT2D eigenvalue weighted by Crippen LogP contribution is 2.04. The Kier molecular flexibility index (Phi) is 14.6. The van der Waals surface area contributed by atoms with E-state index in [1.165, 1.54) is 44.9 Å². The minimum absolute atomic E-state index is 0.147. The van der Waals surface area contributed by atoms with Gasteiger partial charge in [-0.05, 0) is 51.9 Å². The van der Waals surface area contributed by atoms with Gasteiger partial charge in [-0.1, -0.05) is 39.0 Å². The molecule has 3 N–H and O–H groups in total. The van der Waals surface area contributed by atoms with Gasteiger partial charge in [-0.2, -0.15) is 8.42 Å². The van der Waals surface area contributed by atoms with Crippen molar-refractivity contribution in [1.29, 1.82) is 0 Å². The number of rotatable bonds is 16. The minimum atomic E-state index is -3.79. The molecule has 0 fully saturated rings. The molecule has 0 aromatic heterocycles. The molecule has 0 aliphatic carbocycles. The Hall–Kier alpha value is -0.170. The topological polar surface area (TPSA) is 78.4 Å². The molecule has 0 saturated carbocycles. The zero-order chi connectivity index (χ0) is 15.8. The fourth-order valence-corrected chi connectivity index (χ4v) is 2.65. The van der Waals surface area contributed by atoms with E-state index in [-0.39, 0.29) is 5.75 Å². The van der Waals surface area contributed by atoms with Crippen molar-refractivity contribution in [3.63, 3.8) is 0 Å². The second kappa shape index (κ2) is 14.8. The summed E-state index contributed by atoms with van der Waals surface area (Å²) in [6.45, 7) is 6.10. The fourth-order valence-electron chi connectivity index (χ4n) is 2.14. The first kappa shape index (κ1) is 20.8. The number of hydrogen-bond donors (Lipinski definition) is 3. The maximum atomic E-state index is 10.5. The number of nitrogens with one attached hydrogen (secondary N) is 2. The molecule has 0 amide bonds. The first-order valence-electron chi connectivity index (χ1n) is 8.43. The zero-order valence-corrected chi connectivity index (χ0v) is 14.4. The summed E-state index contributed by atoms with van der Waals surface area (Å²) in [5.74, 6) is -0.147. The molecule has 0 aromatic carbocycles. The zero-order valence-electron chi connectivity index (χ0n) is 13.6. The van der Waals surface area contributed by atoms with E-state index in [0.717, 1.165) is 26.1 Å². The molecule has 0 rings (SSSR count). The van der Waals surface area contributed by atoms with Crippen LogP contribution in [0.5, 0.6) is 0 Å². The predicted octanol–water partition coefficient (Wildman–Crippen LogP) is 2.58. The highest BCUT2D eigenvalue weighted by atomic mass is 32.2. The van der Waals surface area contributed by atoms with Crippen molar-refractivity contribution in [2.75, 3.05) is 31.9 Å². The second-order valence-electron chi connectivity index (χ2n) is 5.61. The van der Waals surface area contributed by atoms with Gasteiger partial charge in [0.2, 0.25) is 0 Å². The van der Waals surface area contributed by atoms with Crippen LogP contribution in [0.15, 0.2) is 0 Å². The molecule has 0 spiro atoms. The molecular formula is C15H34N2O3S. The molecule has 0 heterocycles. The molecule has 5 nitrogen and oxygen atoms in total. The summed E-state index contributed by atoms with van der Waals surface area (Å²) < 4.78 is 29.5. The van der Waals surface area contributed by atoms with Crippen molar-refractivity contribution in [2.45, 2.75) is 64.7 Å². The Balaban J connectivity index is 3.03. The summed E-state index contributed by atoms with van der Waals surface area (Å²) >= 11 is 0. The number of unbranched alkanes of at least 4 members (excludes halogenated alkanes) is 6. The van der Waals surface area contributed by atoms with Crippen molar-refractivity contribution in [1.82, 2.24) is 10.6 Å². The molecule has 0 radical (unpaired) electrons.